The number of carbonyl (C=O) groups is 1. The Hall–Kier alpha value is -2.91. The molecule has 0 aliphatic carbocycles. The SMILES string of the molecule is CCC1c2c(cc(OC)cc2OC)CCN1C(=O)c1cc(C(F)(F)F)cc(C(F)(F)F)c1. The Balaban J connectivity index is 2.09. The standard InChI is InChI=1S/C22H21F6NO3/c1-4-17-19-12(9-16(31-2)11-18(19)32-3)5-6-29(17)20(30)13-7-14(21(23,24)25)10-15(8-13)22(26,27)28/h7-11,17H,4-6H2,1-3H3. The highest BCUT2D eigenvalue weighted by atomic mass is 19.4. The van der Waals surface area contributed by atoms with Gasteiger partial charge >= 0.3 is 12.4 Å². The minimum absolute atomic E-state index is 0.00882. The number of ether oxygens (including phenoxy) is 2. The van der Waals surface area contributed by atoms with Crippen molar-refractivity contribution in [2.24, 2.45) is 0 Å². The van der Waals surface area contributed by atoms with E-state index >= 15 is 0 Å². The molecular weight excluding hydrogens is 440 g/mol. The molecule has 1 amide bonds. The highest BCUT2D eigenvalue weighted by molar-refractivity contribution is 5.95. The van der Waals surface area contributed by atoms with Crippen LogP contribution in [-0.2, 0) is 18.8 Å². The monoisotopic (exact) mass is 461 g/mol. The number of alkyl halides is 6. The number of fused-ring (bicyclic) bond motifs is 1. The smallest absolute Gasteiger partial charge is 0.416 e. The van der Waals surface area contributed by atoms with Crippen molar-refractivity contribution in [3.63, 3.8) is 0 Å². The van der Waals surface area contributed by atoms with Crippen LogP contribution < -0.4 is 9.47 Å². The molecule has 2 aromatic rings. The van der Waals surface area contributed by atoms with Gasteiger partial charge in [-0.3, -0.25) is 4.79 Å². The molecule has 3 rings (SSSR count). The summed E-state index contributed by atoms with van der Waals surface area (Å²) in [5, 5.41) is 0. The van der Waals surface area contributed by atoms with Crippen LogP contribution in [0.5, 0.6) is 11.5 Å². The number of hydrogen-bond donors (Lipinski definition) is 0. The molecule has 0 bridgehead atoms. The van der Waals surface area contributed by atoms with Crippen LogP contribution in [-0.4, -0.2) is 31.6 Å². The zero-order valence-corrected chi connectivity index (χ0v) is 17.5. The van der Waals surface area contributed by atoms with Crippen molar-refractivity contribution in [3.8, 4) is 11.5 Å². The zero-order valence-electron chi connectivity index (χ0n) is 17.5. The van der Waals surface area contributed by atoms with Crippen molar-refractivity contribution in [3.05, 3.63) is 58.1 Å². The molecule has 174 valence electrons. The minimum atomic E-state index is -5.03. The minimum Gasteiger partial charge on any atom is -0.497 e. The topological polar surface area (TPSA) is 38.8 Å². The van der Waals surface area contributed by atoms with Crippen LogP contribution in [0.2, 0.25) is 0 Å². The van der Waals surface area contributed by atoms with Crippen LogP contribution in [0.25, 0.3) is 0 Å². The van der Waals surface area contributed by atoms with Gasteiger partial charge in [-0.2, -0.15) is 26.3 Å². The van der Waals surface area contributed by atoms with E-state index in [0.717, 1.165) is 5.56 Å². The van der Waals surface area contributed by atoms with Gasteiger partial charge in [0.2, 0.25) is 0 Å². The van der Waals surface area contributed by atoms with Crippen LogP contribution in [0.4, 0.5) is 26.3 Å². The van der Waals surface area contributed by atoms with Crippen LogP contribution in [0.15, 0.2) is 30.3 Å². The third-order valence-corrected chi connectivity index (χ3v) is 5.47. The van der Waals surface area contributed by atoms with Gasteiger partial charge in [-0.15, -0.1) is 0 Å². The third-order valence-electron chi connectivity index (χ3n) is 5.47. The normalized spacial score (nSPS) is 16.5. The Bertz CT molecular complexity index is 966. The van der Waals surface area contributed by atoms with Crippen LogP contribution in [0.3, 0.4) is 0 Å². The molecule has 4 nitrogen and oxygen atoms in total. The highest BCUT2D eigenvalue weighted by Gasteiger charge is 2.39. The van der Waals surface area contributed by atoms with Crippen molar-refractivity contribution in [1.29, 1.82) is 0 Å². The molecule has 0 fully saturated rings. The van der Waals surface area contributed by atoms with E-state index in [1.165, 1.54) is 19.1 Å². The lowest BCUT2D eigenvalue weighted by Crippen LogP contribution is -2.40. The number of benzene rings is 2. The lowest BCUT2D eigenvalue weighted by molar-refractivity contribution is -0.143. The summed E-state index contributed by atoms with van der Waals surface area (Å²) < 4.78 is 90.1. The Morgan fingerprint density at radius 3 is 2.03 bits per heavy atom. The molecule has 1 unspecified atom stereocenters. The van der Waals surface area contributed by atoms with E-state index in [1.54, 1.807) is 19.1 Å². The van der Waals surface area contributed by atoms with E-state index < -0.39 is 41.0 Å². The number of nitrogens with zero attached hydrogens (tertiary/aromatic N) is 1. The average molecular weight is 461 g/mol. The Labute approximate surface area is 180 Å². The first-order valence-corrected chi connectivity index (χ1v) is 9.76. The number of hydrogen-bond acceptors (Lipinski definition) is 3. The Morgan fingerprint density at radius 2 is 1.56 bits per heavy atom. The van der Waals surface area contributed by atoms with Crippen molar-refractivity contribution >= 4 is 5.91 Å². The van der Waals surface area contributed by atoms with Gasteiger partial charge in [-0.25, -0.2) is 0 Å². The predicted molar refractivity (Wildman–Crippen MR) is 104 cm³/mol. The first-order valence-electron chi connectivity index (χ1n) is 9.76. The van der Waals surface area contributed by atoms with Gasteiger partial charge in [-0.1, -0.05) is 6.92 Å². The van der Waals surface area contributed by atoms with Gasteiger partial charge in [0.25, 0.3) is 5.91 Å². The van der Waals surface area contributed by atoms with E-state index in [2.05, 4.69) is 0 Å². The summed E-state index contributed by atoms with van der Waals surface area (Å²) in [5.41, 5.74) is -2.20. The molecular formula is C22H21F6NO3. The first-order chi connectivity index (χ1) is 14.9. The quantitative estimate of drug-likeness (QED) is 0.533. The molecule has 2 aromatic carbocycles. The van der Waals surface area contributed by atoms with Gasteiger partial charge in [0, 0.05) is 23.7 Å². The van der Waals surface area contributed by atoms with E-state index in [1.807, 2.05) is 0 Å². The van der Waals surface area contributed by atoms with Gasteiger partial charge in [0.1, 0.15) is 11.5 Å². The summed E-state index contributed by atoms with van der Waals surface area (Å²) in [7, 11) is 2.92. The summed E-state index contributed by atoms with van der Waals surface area (Å²) in [6, 6.07) is 3.76. The fourth-order valence-electron chi connectivity index (χ4n) is 3.99. The summed E-state index contributed by atoms with van der Waals surface area (Å²) in [5.74, 6) is 0.0728. The second-order valence-electron chi connectivity index (χ2n) is 7.37. The fraction of sp³-hybridized carbons (Fsp3) is 0.409. The van der Waals surface area contributed by atoms with Crippen LogP contribution >= 0.6 is 0 Å². The van der Waals surface area contributed by atoms with E-state index in [4.69, 9.17) is 9.47 Å². The molecule has 32 heavy (non-hydrogen) atoms. The number of halogens is 6. The van der Waals surface area contributed by atoms with E-state index in [9.17, 15) is 31.1 Å². The first kappa shape index (κ1) is 23.7. The predicted octanol–water partition coefficient (Wildman–Crippen LogP) is 5.89. The van der Waals surface area contributed by atoms with Crippen molar-refractivity contribution in [1.82, 2.24) is 4.90 Å². The van der Waals surface area contributed by atoms with E-state index in [-0.39, 0.29) is 12.6 Å². The molecule has 0 saturated carbocycles. The second kappa shape index (κ2) is 8.55. The Kier molecular flexibility index (Phi) is 6.35. The van der Waals surface area contributed by atoms with Crippen LogP contribution in [0, 0.1) is 0 Å². The van der Waals surface area contributed by atoms with Gasteiger partial charge < -0.3 is 14.4 Å². The summed E-state index contributed by atoms with van der Waals surface area (Å²) in [6.45, 7) is 1.90. The Morgan fingerprint density at radius 1 is 0.969 bits per heavy atom. The van der Waals surface area contributed by atoms with E-state index in [0.29, 0.717) is 42.0 Å². The van der Waals surface area contributed by atoms with Gasteiger partial charge in [0.05, 0.1) is 31.4 Å². The molecule has 0 radical (unpaired) electrons. The zero-order chi connectivity index (χ0) is 23.8. The van der Waals surface area contributed by atoms with Crippen molar-refractivity contribution < 1.29 is 40.6 Å². The summed E-state index contributed by atoms with van der Waals surface area (Å²) >= 11 is 0. The fourth-order valence-corrected chi connectivity index (χ4v) is 3.99. The number of carbonyl (C=O) groups excluding carboxylic acids is 1. The molecule has 1 heterocycles. The maximum absolute atomic E-state index is 13.2. The van der Waals surface area contributed by atoms with Crippen molar-refractivity contribution in [2.75, 3.05) is 20.8 Å². The van der Waals surface area contributed by atoms with Crippen molar-refractivity contribution in [2.45, 2.75) is 38.2 Å². The molecule has 0 aromatic heterocycles. The van der Waals surface area contributed by atoms with Gasteiger partial charge in [-0.05, 0) is 42.7 Å². The maximum Gasteiger partial charge on any atom is 0.416 e. The number of methoxy groups -OCH3 is 2. The molecule has 1 aliphatic rings. The molecule has 0 saturated heterocycles. The van der Waals surface area contributed by atoms with Gasteiger partial charge in [0.15, 0.2) is 0 Å². The third kappa shape index (κ3) is 4.49. The number of rotatable bonds is 4. The largest absolute Gasteiger partial charge is 0.497 e. The van der Waals surface area contributed by atoms with Crippen LogP contribution in [0.1, 0.15) is 52.0 Å². The molecule has 1 atom stereocenters. The lowest BCUT2D eigenvalue weighted by Gasteiger charge is -2.38. The molecule has 0 N–H and O–H groups in total. The maximum atomic E-state index is 13.2. The second-order valence-corrected chi connectivity index (χ2v) is 7.37. The number of amides is 1. The average Bonchev–Trinajstić information content (AvgIpc) is 2.75. The summed E-state index contributed by atoms with van der Waals surface area (Å²) in [4.78, 5) is 14.5. The highest BCUT2D eigenvalue weighted by Crippen LogP contribution is 2.42. The lowest BCUT2D eigenvalue weighted by atomic mass is 9.89. The summed E-state index contributed by atoms with van der Waals surface area (Å²) in [6.07, 6.45) is -9.34. The molecule has 0 spiro atoms. The molecule has 10 heteroatoms. The molecule has 1 aliphatic heterocycles.